The van der Waals surface area contributed by atoms with Crippen LogP contribution in [0.1, 0.15) is 28.8 Å². The lowest BCUT2D eigenvalue weighted by Gasteiger charge is -2.04. The van der Waals surface area contributed by atoms with Crippen LogP contribution in [0, 0.1) is 0 Å². The molecule has 3 heteroatoms. The summed E-state index contributed by atoms with van der Waals surface area (Å²) in [5, 5.41) is 0. The van der Waals surface area contributed by atoms with E-state index < -0.39 is 0 Å². The van der Waals surface area contributed by atoms with Gasteiger partial charge in [-0.05, 0) is 5.56 Å². The van der Waals surface area contributed by atoms with Crippen molar-refractivity contribution in [1.29, 1.82) is 0 Å². The van der Waals surface area contributed by atoms with Gasteiger partial charge in [0, 0.05) is 35.6 Å². The molecular formula is C14H12N2O. The largest absolute Gasteiger partial charge is 0.313 e. The number of nitrogens with zero attached hydrogens (tertiary/aromatic N) is 2. The van der Waals surface area contributed by atoms with E-state index >= 15 is 0 Å². The van der Waals surface area contributed by atoms with Gasteiger partial charge >= 0.3 is 0 Å². The van der Waals surface area contributed by atoms with E-state index in [1.807, 2.05) is 41.2 Å². The van der Waals surface area contributed by atoms with E-state index in [0.29, 0.717) is 0 Å². The molecule has 0 amide bonds. The maximum Gasteiger partial charge on any atom is 0.191 e. The summed E-state index contributed by atoms with van der Waals surface area (Å²) >= 11 is 0. The van der Waals surface area contributed by atoms with E-state index in [4.69, 9.17) is 0 Å². The molecule has 1 unspecified atom stereocenters. The zero-order chi connectivity index (χ0) is 11.8. The van der Waals surface area contributed by atoms with Crippen LogP contribution in [-0.4, -0.2) is 15.3 Å². The van der Waals surface area contributed by atoms with E-state index in [-0.39, 0.29) is 11.7 Å². The Morgan fingerprint density at radius 1 is 1.35 bits per heavy atom. The molecule has 0 saturated carbocycles. The molecule has 0 spiro atoms. The van der Waals surface area contributed by atoms with Crippen LogP contribution in [0.2, 0.25) is 0 Å². The first kappa shape index (κ1) is 10.0. The van der Waals surface area contributed by atoms with Crippen LogP contribution in [0.5, 0.6) is 0 Å². The molecule has 3 nitrogen and oxygen atoms in total. The SMILES string of the molecule is CC1/C(=C\n2ccnc2)C(=O)c2ccccc21. The Hall–Kier alpha value is -2.16. The molecule has 2 aromatic rings. The Kier molecular flexibility index (Phi) is 2.18. The van der Waals surface area contributed by atoms with Crippen LogP contribution in [0.4, 0.5) is 0 Å². The van der Waals surface area contributed by atoms with Crippen molar-refractivity contribution in [2.45, 2.75) is 12.8 Å². The highest BCUT2D eigenvalue weighted by Gasteiger charge is 2.30. The summed E-state index contributed by atoms with van der Waals surface area (Å²) in [5.41, 5.74) is 2.76. The average Bonchev–Trinajstić information content (AvgIpc) is 2.94. The second-order valence-electron chi connectivity index (χ2n) is 4.23. The van der Waals surface area contributed by atoms with Crippen molar-refractivity contribution >= 4 is 12.0 Å². The van der Waals surface area contributed by atoms with Gasteiger partial charge in [-0.3, -0.25) is 4.79 Å². The smallest absolute Gasteiger partial charge is 0.191 e. The number of fused-ring (bicyclic) bond motifs is 1. The summed E-state index contributed by atoms with van der Waals surface area (Å²) in [4.78, 5) is 16.2. The number of carbonyl (C=O) groups is 1. The minimum absolute atomic E-state index is 0.127. The summed E-state index contributed by atoms with van der Waals surface area (Å²) in [6.45, 7) is 2.06. The first-order valence-electron chi connectivity index (χ1n) is 5.60. The molecule has 1 aliphatic carbocycles. The van der Waals surface area contributed by atoms with Crippen molar-refractivity contribution in [3.8, 4) is 0 Å². The van der Waals surface area contributed by atoms with Crippen molar-refractivity contribution in [2.24, 2.45) is 0 Å². The molecule has 84 valence electrons. The van der Waals surface area contributed by atoms with E-state index in [1.54, 1.807) is 12.5 Å². The number of hydrogen-bond donors (Lipinski definition) is 0. The van der Waals surface area contributed by atoms with Crippen molar-refractivity contribution < 1.29 is 4.79 Å². The lowest BCUT2D eigenvalue weighted by atomic mass is 10.0. The van der Waals surface area contributed by atoms with E-state index in [9.17, 15) is 4.79 Å². The summed E-state index contributed by atoms with van der Waals surface area (Å²) in [6, 6.07) is 7.79. The molecule has 3 rings (SSSR count). The molecule has 0 bridgehead atoms. The van der Waals surface area contributed by atoms with Crippen molar-refractivity contribution in [1.82, 2.24) is 9.55 Å². The van der Waals surface area contributed by atoms with Crippen LogP contribution >= 0.6 is 0 Å². The fraction of sp³-hybridized carbons (Fsp3) is 0.143. The van der Waals surface area contributed by atoms with E-state index in [1.165, 1.54) is 0 Å². The second-order valence-corrected chi connectivity index (χ2v) is 4.23. The molecule has 0 N–H and O–H groups in total. The van der Waals surface area contributed by atoms with Gasteiger partial charge in [-0.2, -0.15) is 0 Å². The second kappa shape index (κ2) is 3.70. The molecule has 1 aromatic carbocycles. The third-order valence-corrected chi connectivity index (χ3v) is 3.21. The van der Waals surface area contributed by atoms with Gasteiger partial charge in [-0.15, -0.1) is 0 Å². The molecular weight excluding hydrogens is 212 g/mol. The van der Waals surface area contributed by atoms with Crippen LogP contribution in [0.25, 0.3) is 6.20 Å². The Morgan fingerprint density at radius 3 is 2.88 bits per heavy atom. The van der Waals surface area contributed by atoms with Crippen LogP contribution in [0.3, 0.4) is 0 Å². The van der Waals surface area contributed by atoms with Gasteiger partial charge < -0.3 is 4.57 Å². The first-order valence-corrected chi connectivity index (χ1v) is 5.60. The minimum atomic E-state index is 0.127. The Balaban J connectivity index is 2.09. The van der Waals surface area contributed by atoms with Crippen LogP contribution in [-0.2, 0) is 0 Å². The number of allylic oxidation sites excluding steroid dienone is 1. The van der Waals surface area contributed by atoms with Crippen LogP contribution in [0.15, 0.2) is 48.6 Å². The summed E-state index contributed by atoms with van der Waals surface area (Å²) in [5.74, 6) is 0.280. The molecule has 0 aliphatic heterocycles. The van der Waals surface area contributed by atoms with Gasteiger partial charge in [0.15, 0.2) is 5.78 Å². The lowest BCUT2D eigenvalue weighted by Crippen LogP contribution is -1.99. The summed E-state index contributed by atoms with van der Waals surface area (Å²) in [6.07, 6.45) is 7.08. The number of imidazole rings is 1. The Morgan fingerprint density at radius 2 is 2.18 bits per heavy atom. The minimum Gasteiger partial charge on any atom is -0.313 e. The molecule has 1 aliphatic rings. The monoisotopic (exact) mass is 224 g/mol. The zero-order valence-electron chi connectivity index (χ0n) is 9.50. The molecule has 17 heavy (non-hydrogen) atoms. The number of rotatable bonds is 1. The van der Waals surface area contributed by atoms with Gasteiger partial charge in [-0.25, -0.2) is 4.98 Å². The Bertz CT molecular complexity index is 596. The standard InChI is InChI=1S/C14H12N2O/c1-10-11-4-2-3-5-12(11)14(17)13(10)8-16-7-6-15-9-16/h2-10H,1H3/b13-8+. The van der Waals surface area contributed by atoms with Crippen molar-refractivity contribution in [2.75, 3.05) is 0 Å². The molecule has 1 aromatic heterocycles. The normalized spacial score (nSPS) is 20.9. The number of hydrogen-bond acceptors (Lipinski definition) is 2. The van der Waals surface area contributed by atoms with Crippen molar-refractivity contribution in [3.05, 3.63) is 59.7 Å². The highest BCUT2D eigenvalue weighted by molar-refractivity contribution is 6.15. The van der Waals surface area contributed by atoms with Gasteiger partial charge in [0.1, 0.15) is 0 Å². The van der Waals surface area contributed by atoms with E-state index in [2.05, 4.69) is 11.9 Å². The summed E-state index contributed by atoms with van der Waals surface area (Å²) in [7, 11) is 0. The maximum atomic E-state index is 12.2. The van der Waals surface area contributed by atoms with E-state index in [0.717, 1.165) is 16.7 Å². The average molecular weight is 224 g/mol. The topological polar surface area (TPSA) is 34.9 Å². The molecule has 0 radical (unpaired) electrons. The quantitative estimate of drug-likeness (QED) is 0.698. The number of ketones is 1. The van der Waals surface area contributed by atoms with Crippen molar-refractivity contribution in [3.63, 3.8) is 0 Å². The van der Waals surface area contributed by atoms with Gasteiger partial charge in [0.25, 0.3) is 0 Å². The molecule has 0 saturated heterocycles. The third kappa shape index (κ3) is 1.51. The molecule has 1 heterocycles. The highest BCUT2D eigenvalue weighted by Crippen LogP contribution is 2.37. The number of benzene rings is 1. The summed E-state index contributed by atoms with van der Waals surface area (Å²) < 4.78 is 1.82. The first-order chi connectivity index (χ1) is 8.27. The van der Waals surface area contributed by atoms with Gasteiger partial charge in [0.2, 0.25) is 0 Å². The third-order valence-electron chi connectivity index (χ3n) is 3.21. The maximum absolute atomic E-state index is 12.2. The van der Waals surface area contributed by atoms with Crippen LogP contribution < -0.4 is 0 Å². The predicted molar refractivity (Wildman–Crippen MR) is 65.7 cm³/mol. The fourth-order valence-corrected chi connectivity index (χ4v) is 2.28. The number of aromatic nitrogens is 2. The zero-order valence-corrected chi connectivity index (χ0v) is 9.50. The number of carbonyl (C=O) groups excluding carboxylic acids is 1. The molecule has 1 atom stereocenters. The van der Waals surface area contributed by atoms with Gasteiger partial charge in [0.05, 0.1) is 6.33 Å². The predicted octanol–water partition coefficient (Wildman–Crippen LogP) is 2.72. The number of Topliss-reactive ketones (excluding diaryl/α,β-unsaturated/α-hetero) is 1. The lowest BCUT2D eigenvalue weighted by molar-refractivity contribution is 0.103. The Labute approximate surface area is 99.4 Å². The van der Waals surface area contributed by atoms with Gasteiger partial charge in [-0.1, -0.05) is 31.2 Å². The molecule has 0 fully saturated rings. The fourth-order valence-electron chi connectivity index (χ4n) is 2.28. The highest BCUT2D eigenvalue weighted by atomic mass is 16.1.